The summed E-state index contributed by atoms with van der Waals surface area (Å²) in [6, 6.07) is 2.25. The molecule has 118 valence electrons. The predicted octanol–water partition coefficient (Wildman–Crippen LogP) is 2.51. The maximum Gasteiger partial charge on any atom is 0.246 e. The van der Waals surface area contributed by atoms with Crippen LogP contribution in [0.3, 0.4) is 0 Å². The zero-order valence-electron chi connectivity index (χ0n) is 12.6. The van der Waals surface area contributed by atoms with Crippen LogP contribution in [-0.2, 0) is 16.1 Å². The van der Waals surface area contributed by atoms with E-state index in [1.54, 1.807) is 30.9 Å². The highest BCUT2D eigenvalue weighted by Gasteiger charge is 2.46. The third kappa shape index (κ3) is 2.28. The number of hydrogen-bond acceptors (Lipinski definition) is 2. The molecule has 2 fully saturated rings. The molecule has 0 aromatic heterocycles. The van der Waals surface area contributed by atoms with Gasteiger partial charge in [0.25, 0.3) is 0 Å². The second kappa shape index (κ2) is 5.54. The molecule has 0 saturated carbocycles. The quantitative estimate of drug-likeness (QED) is 0.838. The molecular formula is C16H18ClFN2O2. The van der Waals surface area contributed by atoms with Gasteiger partial charge in [-0.1, -0.05) is 17.7 Å². The van der Waals surface area contributed by atoms with E-state index in [1.807, 2.05) is 0 Å². The minimum atomic E-state index is -0.585. The third-order valence-electron chi connectivity index (χ3n) is 4.64. The average molecular weight is 325 g/mol. The van der Waals surface area contributed by atoms with Gasteiger partial charge in [0.1, 0.15) is 17.9 Å². The Morgan fingerprint density at radius 1 is 1.32 bits per heavy atom. The van der Waals surface area contributed by atoms with E-state index in [0.717, 1.165) is 6.42 Å². The second-order valence-electron chi connectivity index (χ2n) is 5.99. The molecule has 0 spiro atoms. The number of piperazine rings is 1. The van der Waals surface area contributed by atoms with Gasteiger partial charge in [0.2, 0.25) is 11.8 Å². The molecular weight excluding hydrogens is 307 g/mol. The molecule has 4 nitrogen and oxygen atoms in total. The fraction of sp³-hybridized carbons (Fsp3) is 0.500. The number of fused-ring (bicyclic) bond motifs is 1. The van der Waals surface area contributed by atoms with Gasteiger partial charge in [-0.15, -0.1) is 0 Å². The Morgan fingerprint density at radius 2 is 2.05 bits per heavy atom. The third-order valence-corrected chi connectivity index (χ3v) is 4.99. The van der Waals surface area contributed by atoms with Crippen LogP contribution in [0.15, 0.2) is 12.1 Å². The summed E-state index contributed by atoms with van der Waals surface area (Å²) in [6.45, 7) is 4.01. The average Bonchev–Trinajstić information content (AvgIpc) is 2.98. The van der Waals surface area contributed by atoms with E-state index in [-0.39, 0.29) is 28.9 Å². The topological polar surface area (TPSA) is 40.6 Å². The first kappa shape index (κ1) is 15.3. The lowest BCUT2D eigenvalue weighted by Crippen LogP contribution is -2.61. The molecule has 3 rings (SSSR count). The van der Waals surface area contributed by atoms with Gasteiger partial charge >= 0.3 is 0 Å². The maximum absolute atomic E-state index is 14.3. The van der Waals surface area contributed by atoms with Crippen LogP contribution in [0.4, 0.5) is 4.39 Å². The van der Waals surface area contributed by atoms with Gasteiger partial charge in [-0.05, 0) is 38.3 Å². The van der Waals surface area contributed by atoms with Crippen molar-refractivity contribution < 1.29 is 14.0 Å². The molecule has 2 heterocycles. The van der Waals surface area contributed by atoms with Crippen LogP contribution in [0.2, 0.25) is 5.02 Å². The van der Waals surface area contributed by atoms with Gasteiger partial charge in [-0.3, -0.25) is 9.59 Å². The van der Waals surface area contributed by atoms with E-state index < -0.39 is 17.9 Å². The highest BCUT2D eigenvalue weighted by molar-refractivity contribution is 6.31. The number of nitrogens with zero attached hydrogens (tertiary/aromatic N) is 2. The van der Waals surface area contributed by atoms with Gasteiger partial charge in [0, 0.05) is 17.1 Å². The number of carbonyl (C=O) groups is 2. The van der Waals surface area contributed by atoms with Crippen molar-refractivity contribution in [3.8, 4) is 0 Å². The molecule has 0 bridgehead atoms. The first-order chi connectivity index (χ1) is 10.4. The van der Waals surface area contributed by atoms with Gasteiger partial charge < -0.3 is 9.80 Å². The monoisotopic (exact) mass is 324 g/mol. The summed E-state index contributed by atoms with van der Waals surface area (Å²) < 4.78 is 14.3. The van der Waals surface area contributed by atoms with Crippen LogP contribution in [0.5, 0.6) is 0 Å². The van der Waals surface area contributed by atoms with Crippen molar-refractivity contribution in [1.29, 1.82) is 0 Å². The number of halogens is 2. The van der Waals surface area contributed by atoms with E-state index in [4.69, 9.17) is 11.6 Å². The van der Waals surface area contributed by atoms with Crippen LogP contribution in [0.1, 0.15) is 30.9 Å². The first-order valence-corrected chi connectivity index (χ1v) is 7.84. The van der Waals surface area contributed by atoms with E-state index >= 15 is 0 Å². The zero-order chi connectivity index (χ0) is 16.0. The Labute approximate surface area is 133 Å². The second-order valence-corrected chi connectivity index (χ2v) is 6.40. The van der Waals surface area contributed by atoms with E-state index in [9.17, 15) is 14.0 Å². The summed E-state index contributed by atoms with van der Waals surface area (Å²) >= 11 is 6.09. The lowest BCUT2D eigenvalue weighted by Gasteiger charge is -2.41. The number of aryl methyl sites for hydroxylation is 1. The lowest BCUT2D eigenvalue weighted by molar-refractivity contribution is -0.159. The molecule has 0 N–H and O–H groups in total. The molecule has 22 heavy (non-hydrogen) atoms. The SMILES string of the molecule is Cc1ccc(Cl)c(CN2C(=O)[C@@H]3CCCN3C(=O)[C@@H]2C)c1F. The van der Waals surface area contributed by atoms with Gasteiger partial charge in [0.15, 0.2) is 0 Å². The van der Waals surface area contributed by atoms with Crippen molar-refractivity contribution in [2.75, 3.05) is 6.54 Å². The van der Waals surface area contributed by atoms with Crippen LogP contribution >= 0.6 is 11.6 Å². The Hall–Kier alpha value is -1.62. The van der Waals surface area contributed by atoms with Crippen molar-refractivity contribution in [3.05, 3.63) is 34.1 Å². The van der Waals surface area contributed by atoms with Crippen LogP contribution in [-0.4, -0.2) is 40.2 Å². The van der Waals surface area contributed by atoms with E-state index in [2.05, 4.69) is 0 Å². The molecule has 0 radical (unpaired) electrons. The van der Waals surface area contributed by atoms with Crippen molar-refractivity contribution in [3.63, 3.8) is 0 Å². The zero-order valence-corrected chi connectivity index (χ0v) is 13.4. The summed E-state index contributed by atoms with van der Waals surface area (Å²) in [4.78, 5) is 28.1. The Kier molecular flexibility index (Phi) is 3.85. The Morgan fingerprint density at radius 3 is 2.77 bits per heavy atom. The van der Waals surface area contributed by atoms with Crippen molar-refractivity contribution >= 4 is 23.4 Å². The predicted molar refractivity (Wildman–Crippen MR) is 80.9 cm³/mol. The van der Waals surface area contributed by atoms with Crippen LogP contribution < -0.4 is 0 Å². The molecule has 6 heteroatoms. The number of rotatable bonds is 2. The largest absolute Gasteiger partial charge is 0.329 e. The number of carbonyl (C=O) groups excluding carboxylic acids is 2. The molecule has 0 aliphatic carbocycles. The molecule has 2 aliphatic rings. The number of hydrogen-bond donors (Lipinski definition) is 0. The molecule has 2 aliphatic heterocycles. The van der Waals surface area contributed by atoms with Crippen LogP contribution in [0, 0.1) is 12.7 Å². The van der Waals surface area contributed by atoms with Crippen LogP contribution in [0.25, 0.3) is 0 Å². The van der Waals surface area contributed by atoms with Crippen molar-refractivity contribution in [2.45, 2.75) is 45.3 Å². The molecule has 2 atom stereocenters. The normalized spacial score (nSPS) is 24.9. The maximum atomic E-state index is 14.3. The van der Waals surface area contributed by atoms with E-state index in [0.29, 0.717) is 18.5 Å². The summed E-state index contributed by atoms with van der Waals surface area (Å²) in [5.74, 6) is -0.582. The minimum Gasteiger partial charge on any atom is -0.329 e. The molecule has 1 aromatic carbocycles. The Bertz CT molecular complexity index is 649. The highest BCUT2D eigenvalue weighted by atomic mass is 35.5. The lowest BCUT2D eigenvalue weighted by atomic mass is 10.0. The van der Waals surface area contributed by atoms with Gasteiger partial charge in [0.05, 0.1) is 6.54 Å². The number of amides is 2. The molecule has 0 unspecified atom stereocenters. The number of benzene rings is 1. The minimum absolute atomic E-state index is 0.0302. The molecule has 2 saturated heterocycles. The van der Waals surface area contributed by atoms with Crippen molar-refractivity contribution in [1.82, 2.24) is 9.80 Å². The van der Waals surface area contributed by atoms with E-state index in [1.165, 1.54) is 4.90 Å². The molecule has 2 amide bonds. The van der Waals surface area contributed by atoms with Crippen molar-refractivity contribution in [2.24, 2.45) is 0 Å². The fourth-order valence-electron chi connectivity index (χ4n) is 3.29. The first-order valence-electron chi connectivity index (χ1n) is 7.46. The Balaban J connectivity index is 1.93. The highest BCUT2D eigenvalue weighted by Crippen LogP contribution is 2.30. The summed E-state index contributed by atoms with van der Waals surface area (Å²) in [7, 11) is 0. The standard InChI is InChI=1S/C16H18ClFN2O2/c1-9-5-6-12(17)11(14(9)18)8-20-10(2)15(21)19-7-3-4-13(19)16(20)22/h5-6,10,13H,3-4,7-8H2,1-2H3/t10-,13-/m0/s1. The van der Waals surface area contributed by atoms with Gasteiger partial charge in [-0.2, -0.15) is 0 Å². The summed E-state index contributed by atoms with van der Waals surface area (Å²) in [6.07, 6.45) is 1.51. The summed E-state index contributed by atoms with van der Waals surface area (Å²) in [5, 5.41) is 0.282. The fourth-order valence-corrected chi connectivity index (χ4v) is 3.49. The summed E-state index contributed by atoms with van der Waals surface area (Å²) in [5.41, 5.74) is 0.756. The van der Waals surface area contributed by atoms with Gasteiger partial charge in [-0.25, -0.2) is 4.39 Å². The molecule has 1 aromatic rings. The smallest absolute Gasteiger partial charge is 0.246 e.